The van der Waals surface area contributed by atoms with Crippen molar-refractivity contribution in [2.24, 2.45) is 5.92 Å². The van der Waals surface area contributed by atoms with Crippen LogP contribution in [0.5, 0.6) is 0 Å². The zero-order valence-corrected chi connectivity index (χ0v) is 17.1. The third-order valence-corrected chi connectivity index (χ3v) is 5.67. The first-order valence-electron chi connectivity index (χ1n) is 9.59. The SMILES string of the molecule is O=C(Nc1cnn(CC2CCCCO2)c1)C1CC(=O)N(c2cccc(Br)c2)C1. The molecule has 0 spiro atoms. The Kier molecular flexibility index (Phi) is 5.77. The summed E-state index contributed by atoms with van der Waals surface area (Å²) in [5.41, 5.74) is 1.45. The minimum Gasteiger partial charge on any atom is -0.376 e. The summed E-state index contributed by atoms with van der Waals surface area (Å²) in [5.74, 6) is -0.570. The first-order valence-corrected chi connectivity index (χ1v) is 10.4. The van der Waals surface area contributed by atoms with Gasteiger partial charge in [-0.1, -0.05) is 22.0 Å². The third-order valence-electron chi connectivity index (χ3n) is 5.18. The van der Waals surface area contributed by atoms with E-state index in [-0.39, 0.29) is 30.3 Å². The monoisotopic (exact) mass is 446 g/mol. The van der Waals surface area contributed by atoms with Crippen LogP contribution in [0.3, 0.4) is 0 Å². The maximum atomic E-state index is 12.6. The summed E-state index contributed by atoms with van der Waals surface area (Å²) in [6.07, 6.45) is 7.19. The van der Waals surface area contributed by atoms with Crippen LogP contribution in [-0.4, -0.2) is 40.9 Å². The molecule has 148 valence electrons. The summed E-state index contributed by atoms with van der Waals surface area (Å²) in [4.78, 5) is 26.7. The normalized spacial score (nSPS) is 22.5. The van der Waals surface area contributed by atoms with E-state index in [0.717, 1.165) is 29.6 Å². The van der Waals surface area contributed by atoms with Gasteiger partial charge in [-0.15, -0.1) is 0 Å². The van der Waals surface area contributed by atoms with Crippen molar-refractivity contribution in [3.05, 3.63) is 41.1 Å². The molecule has 2 unspecified atom stereocenters. The highest BCUT2D eigenvalue weighted by molar-refractivity contribution is 9.10. The molecule has 2 fully saturated rings. The van der Waals surface area contributed by atoms with E-state index in [1.807, 2.05) is 30.5 Å². The van der Waals surface area contributed by atoms with Gasteiger partial charge in [0.1, 0.15) is 0 Å². The summed E-state index contributed by atoms with van der Waals surface area (Å²) < 4.78 is 8.44. The number of rotatable bonds is 5. The molecular weight excluding hydrogens is 424 g/mol. The van der Waals surface area contributed by atoms with E-state index in [1.165, 1.54) is 6.42 Å². The minimum absolute atomic E-state index is 0.0385. The molecule has 4 rings (SSSR count). The van der Waals surface area contributed by atoms with Gasteiger partial charge in [0.2, 0.25) is 11.8 Å². The van der Waals surface area contributed by atoms with Gasteiger partial charge >= 0.3 is 0 Å². The summed E-state index contributed by atoms with van der Waals surface area (Å²) in [7, 11) is 0. The van der Waals surface area contributed by atoms with Gasteiger partial charge < -0.3 is 15.0 Å². The van der Waals surface area contributed by atoms with Crippen molar-refractivity contribution >= 4 is 39.1 Å². The van der Waals surface area contributed by atoms with E-state index in [1.54, 1.807) is 15.8 Å². The van der Waals surface area contributed by atoms with Gasteiger partial charge in [0.15, 0.2) is 0 Å². The molecule has 8 heteroatoms. The van der Waals surface area contributed by atoms with Gasteiger partial charge in [-0.3, -0.25) is 14.3 Å². The smallest absolute Gasteiger partial charge is 0.229 e. The van der Waals surface area contributed by atoms with Gasteiger partial charge in [0, 0.05) is 35.9 Å². The number of benzene rings is 1. The van der Waals surface area contributed by atoms with Gasteiger partial charge in [0.05, 0.1) is 30.5 Å². The second-order valence-electron chi connectivity index (χ2n) is 7.31. The molecule has 0 aliphatic carbocycles. The number of amides is 2. The van der Waals surface area contributed by atoms with Crippen molar-refractivity contribution in [1.82, 2.24) is 9.78 Å². The first kappa shape index (κ1) is 19.1. The zero-order valence-electron chi connectivity index (χ0n) is 15.5. The molecule has 2 aliphatic rings. The second kappa shape index (κ2) is 8.45. The molecule has 0 saturated carbocycles. The van der Waals surface area contributed by atoms with Gasteiger partial charge in [0.25, 0.3) is 0 Å². The fourth-order valence-electron chi connectivity index (χ4n) is 3.71. The number of halogens is 1. The van der Waals surface area contributed by atoms with E-state index in [9.17, 15) is 9.59 Å². The van der Waals surface area contributed by atoms with Crippen LogP contribution in [0.25, 0.3) is 0 Å². The number of nitrogens with zero attached hydrogens (tertiary/aromatic N) is 3. The van der Waals surface area contributed by atoms with Crippen LogP contribution in [0.2, 0.25) is 0 Å². The maximum absolute atomic E-state index is 12.6. The van der Waals surface area contributed by atoms with E-state index in [2.05, 4.69) is 26.3 Å². The number of hydrogen-bond donors (Lipinski definition) is 1. The van der Waals surface area contributed by atoms with E-state index < -0.39 is 0 Å². The van der Waals surface area contributed by atoms with Crippen molar-refractivity contribution in [3.8, 4) is 0 Å². The molecule has 2 saturated heterocycles. The molecule has 2 aliphatic heterocycles. The van der Waals surface area contributed by atoms with E-state index >= 15 is 0 Å². The first-order chi connectivity index (χ1) is 13.6. The molecular formula is C20H23BrN4O3. The summed E-state index contributed by atoms with van der Waals surface area (Å²) in [6, 6.07) is 7.55. The minimum atomic E-state index is -0.378. The number of hydrogen-bond acceptors (Lipinski definition) is 4. The quantitative estimate of drug-likeness (QED) is 0.764. The largest absolute Gasteiger partial charge is 0.376 e. The highest BCUT2D eigenvalue weighted by Crippen LogP contribution is 2.28. The molecule has 0 bridgehead atoms. The molecule has 1 aromatic carbocycles. The Morgan fingerprint density at radius 2 is 2.25 bits per heavy atom. The maximum Gasteiger partial charge on any atom is 0.229 e. The van der Waals surface area contributed by atoms with Crippen LogP contribution in [0.15, 0.2) is 41.1 Å². The number of aromatic nitrogens is 2. The highest BCUT2D eigenvalue weighted by atomic mass is 79.9. The Bertz CT molecular complexity index is 863. The molecule has 2 amide bonds. The lowest BCUT2D eigenvalue weighted by Crippen LogP contribution is -2.28. The number of carbonyl (C=O) groups is 2. The molecule has 2 aromatic rings. The second-order valence-corrected chi connectivity index (χ2v) is 8.23. The lowest BCUT2D eigenvalue weighted by Gasteiger charge is -2.22. The van der Waals surface area contributed by atoms with Crippen LogP contribution in [-0.2, 0) is 20.9 Å². The van der Waals surface area contributed by atoms with Crippen molar-refractivity contribution in [2.45, 2.75) is 38.3 Å². The van der Waals surface area contributed by atoms with E-state index in [0.29, 0.717) is 18.8 Å². The number of nitrogens with one attached hydrogen (secondary N) is 1. The van der Waals surface area contributed by atoms with Gasteiger partial charge in [-0.2, -0.15) is 5.10 Å². The Hall–Kier alpha value is -2.19. The number of ether oxygens (including phenoxy) is 1. The van der Waals surface area contributed by atoms with Crippen molar-refractivity contribution in [2.75, 3.05) is 23.4 Å². The zero-order chi connectivity index (χ0) is 19.5. The number of anilines is 2. The molecule has 1 aromatic heterocycles. The average Bonchev–Trinajstić information content (AvgIpc) is 3.29. The molecule has 0 radical (unpaired) electrons. The lowest BCUT2D eigenvalue weighted by atomic mass is 10.1. The van der Waals surface area contributed by atoms with Crippen molar-refractivity contribution < 1.29 is 14.3 Å². The Morgan fingerprint density at radius 3 is 3.04 bits per heavy atom. The molecule has 3 heterocycles. The van der Waals surface area contributed by atoms with Crippen molar-refractivity contribution in [1.29, 1.82) is 0 Å². The summed E-state index contributed by atoms with van der Waals surface area (Å²) in [5, 5.41) is 7.21. The van der Waals surface area contributed by atoms with Gasteiger partial charge in [-0.05, 0) is 37.5 Å². The fourth-order valence-corrected chi connectivity index (χ4v) is 4.10. The topological polar surface area (TPSA) is 76.5 Å². The average molecular weight is 447 g/mol. The Balaban J connectivity index is 1.34. The Morgan fingerprint density at radius 1 is 1.36 bits per heavy atom. The predicted molar refractivity (Wildman–Crippen MR) is 109 cm³/mol. The summed E-state index contributed by atoms with van der Waals surface area (Å²) >= 11 is 3.42. The fraction of sp³-hybridized carbons (Fsp3) is 0.450. The highest BCUT2D eigenvalue weighted by Gasteiger charge is 2.35. The standard InChI is InChI=1S/C20H23BrN4O3/c21-15-4-3-5-17(9-15)25-11-14(8-19(25)26)20(27)23-16-10-22-24(12-16)13-18-6-1-2-7-28-18/h3-5,9-10,12,14,18H,1-2,6-8,11,13H2,(H,23,27). The van der Waals surface area contributed by atoms with E-state index in [4.69, 9.17) is 4.74 Å². The molecule has 7 nitrogen and oxygen atoms in total. The van der Waals surface area contributed by atoms with Gasteiger partial charge in [-0.25, -0.2) is 0 Å². The van der Waals surface area contributed by atoms with Crippen LogP contribution >= 0.6 is 15.9 Å². The van der Waals surface area contributed by atoms with Crippen LogP contribution in [0, 0.1) is 5.92 Å². The molecule has 28 heavy (non-hydrogen) atoms. The lowest BCUT2D eigenvalue weighted by molar-refractivity contribution is -0.122. The van der Waals surface area contributed by atoms with Crippen LogP contribution in [0.4, 0.5) is 11.4 Å². The molecule has 2 atom stereocenters. The predicted octanol–water partition coefficient (Wildman–Crippen LogP) is 3.21. The van der Waals surface area contributed by atoms with Crippen LogP contribution in [0.1, 0.15) is 25.7 Å². The third kappa shape index (κ3) is 4.44. The number of carbonyl (C=O) groups excluding carboxylic acids is 2. The van der Waals surface area contributed by atoms with Crippen LogP contribution < -0.4 is 10.2 Å². The Labute approximate surface area is 172 Å². The molecule has 1 N–H and O–H groups in total. The summed E-state index contributed by atoms with van der Waals surface area (Å²) in [6.45, 7) is 1.87. The van der Waals surface area contributed by atoms with Crippen molar-refractivity contribution in [3.63, 3.8) is 0 Å².